The van der Waals surface area contributed by atoms with E-state index < -0.39 is 0 Å². The zero-order valence-corrected chi connectivity index (χ0v) is 11.0. The van der Waals surface area contributed by atoms with Gasteiger partial charge in [-0.1, -0.05) is 6.07 Å². The van der Waals surface area contributed by atoms with E-state index in [0.29, 0.717) is 12.1 Å². The fraction of sp³-hybridized carbons (Fsp3) is 0.571. The summed E-state index contributed by atoms with van der Waals surface area (Å²) in [6, 6.07) is 7.32. The predicted molar refractivity (Wildman–Crippen MR) is 73.1 cm³/mol. The second kappa shape index (κ2) is 5.07. The summed E-state index contributed by atoms with van der Waals surface area (Å²) in [5, 5.41) is 3.70. The molecular formula is C14H23N3. The van der Waals surface area contributed by atoms with E-state index in [1.165, 1.54) is 17.5 Å². The molecule has 0 heterocycles. The third-order valence-corrected chi connectivity index (χ3v) is 3.37. The van der Waals surface area contributed by atoms with Crippen LogP contribution in [-0.2, 0) is 6.42 Å². The topological polar surface area (TPSA) is 41.3 Å². The molecule has 1 aliphatic rings. The molecule has 1 aromatic carbocycles. The minimum Gasteiger partial charge on any atom is -0.399 e. The van der Waals surface area contributed by atoms with Crippen molar-refractivity contribution < 1.29 is 0 Å². The summed E-state index contributed by atoms with van der Waals surface area (Å²) in [5.41, 5.74) is 9.55. The number of nitrogens with one attached hydrogen (secondary N) is 1. The van der Waals surface area contributed by atoms with Crippen LogP contribution in [0.2, 0.25) is 0 Å². The Hall–Kier alpha value is -1.06. The molecule has 0 aromatic heterocycles. The molecule has 0 aliphatic heterocycles. The van der Waals surface area contributed by atoms with Crippen molar-refractivity contribution in [2.45, 2.75) is 31.8 Å². The van der Waals surface area contributed by atoms with Gasteiger partial charge < -0.3 is 16.0 Å². The molecule has 0 saturated heterocycles. The van der Waals surface area contributed by atoms with Crippen molar-refractivity contribution in [1.82, 2.24) is 10.2 Å². The number of fused-ring (bicyclic) bond motifs is 1. The second-order valence-corrected chi connectivity index (χ2v) is 5.38. The number of nitrogen functional groups attached to an aromatic ring is 1. The largest absolute Gasteiger partial charge is 0.399 e. The molecule has 0 fully saturated rings. The first-order chi connectivity index (χ1) is 8.06. The van der Waals surface area contributed by atoms with Gasteiger partial charge >= 0.3 is 0 Å². The molecule has 0 radical (unpaired) electrons. The molecule has 3 N–H and O–H groups in total. The molecule has 1 aromatic rings. The molecular weight excluding hydrogens is 210 g/mol. The highest BCUT2D eigenvalue weighted by molar-refractivity contribution is 5.47. The quantitative estimate of drug-likeness (QED) is 0.779. The lowest BCUT2D eigenvalue weighted by molar-refractivity contribution is 0.328. The molecule has 3 heteroatoms. The molecule has 0 amide bonds. The van der Waals surface area contributed by atoms with Crippen LogP contribution < -0.4 is 11.1 Å². The van der Waals surface area contributed by atoms with E-state index in [2.05, 4.69) is 43.4 Å². The van der Waals surface area contributed by atoms with Crippen LogP contribution in [0, 0.1) is 0 Å². The van der Waals surface area contributed by atoms with Crippen LogP contribution in [-0.4, -0.2) is 31.6 Å². The van der Waals surface area contributed by atoms with Gasteiger partial charge in [-0.3, -0.25) is 0 Å². The number of hydrogen-bond donors (Lipinski definition) is 2. The third kappa shape index (κ3) is 2.99. The van der Waals surface area contributed by atoms with Crippen molar-refractivity contribution in [3.63, 3.8) is 0 Å². The van der Waals surface area contributed by atoms with Crippen molar-refractivity contribution >= 4 is 5.69 Å². The van der Waals surface area contributed by atoms with Crippen LogP contribution in [0.5, 0.6) is 0 Å². The smallest absolute Gasteiger partial charge is 0.0328 e. The zero-order valence-electron chi connectivity index (χ0n) is 11.0. The van der Waals surface area contributed by atoms with E-state index in [1.54, 1.807) is 0 Å². The van der Waals surface area contributed by atoms with E-state index in [-0.39, 0.29) is 0 Å². The van der Waals surface area contributed by atoms with Gasteiger partial charge in [0.05, 0.1) is 0 Å². The number of rotatable bonds is 4. The fourth-order valence-corrected chi connectivity index (χ4v) is 2.75. The highest BCUT2D eigenvalue weighted by Crippen LogP contribution is 2.32. The van der Waals surface area contributed by atoms with Crippen molar-refractivity contribution in [3.05, 3.63) is 29.3 Å². The average Bonchev–Trinajstić information content (AvgIpc) is 2.59. The van der Waals surface area contributed by atoms with Crippen LogP contribution in [0.4, 0.5) is 5.69 Å². The Bertz CT molecular complexity index is 387. The van der Waals surface area contributed by atoms with Crippen LogP contribution in [0.1, 0.15) is 30.5 Å². The van der Waals surface area contributed by atoms with E-state index >= 15 is 0 Å². The molecule has 1 aliphatic carbocycles. The van der Waals surface area contributed by atoms with Crippen molar-refractivity contribution in [2.75, 3.05) is 26.4 Å². The van der Waals surface area contributed by atoms with Gasteiger partial charge in [0.2, 0.25) is 0 Å². The summed E-state index contributed by atoms with van der Waals surface area (Å²) < 4.78 is 0. The number of benzene rings is 1. The summed E-state index contributed by atoms with van der Waals surface area (Å²) in [6.45, 7) is 3.32. The third-order valence-electron chi connectivity index (χ3n) is 3.37. The number of nitrogens with two attached hydrogens (primary N) is 1. The molecule has 94 valence electrons. The minimum atomic E-state index is 0.501. The lowest BCUT2D eigenvalue weighted by atomic mass is 10.1. The Balaban J connectivity index is 2.02. The maximum atomic E-state index is 5.82. The lowest BCUT2D eigenvalue weighted by Crippen LogP contribution is -2.37. The van der Waals surface area contributed by atoms with E-state index in [4.69, 9.17) is 5.73 Å². The molecule has 3 nitrogen and oxygen atoms in total. The highest BCUT2D eigenvalue weighted by atomic mass is 15.1. The van der Waals surface area contributed by atoms with Crippen molar-refractivity contribution in [2.24, 2.45) is 0 Å². The Morgan fingerprint density at radius 2 is 2.24 bits per heavy atom. The first kappa shape index (κ1) is 12.4. The standard InChI is InChI=1S/C14H23N3/c1-10(9-17(2)3)16-14-7-4-11-8-12(15)5-6-13(11)14/h5-6,8,10,14,16H,4,7,9,15H2,1-3H3. The minimum absolute atomic E-state index is 0.501. The summed E-state index contributed by atoms with van der Waals surface area (Å²) >= 11 is 0. The number of aryl methyl sites for hydroxylation is 1. The van der Waals surface area contributed by atoms with Crippen LogP contribution in [0.15, 0.2) is 18.2 Å². The number of nitrogens with zero attached hydrogens (tertiary/aromatic N) is 1. The molecule has 2 unspecified atom stereocenters. The fourth-order valence-electron chi connectivity index (χ4n) is 2.75. The number of anilines is 1. The Morgan fingerprint density at radius 1 is 1.47 bits per heavy atom. The maximum Gasteiger partial charge on any atom is 0.0328 e. The van der Waals surface area contributed by atoms with E-state index in [9.17, 15) is 0 Å². The monoisotopic (exact) mass is 233 g/mol. The van der Waals surface area contributed by atoms with Crippen molar-refractivity contribution in [1.29, 1.82) is 0 Å². The van der Waals surface area contributed by atoms with Gasteiger partial charge in [0.1, 0.15) is 0 Å². The Morgan fingerprint density at radius 3 is 2.94 bits per heavy atom. The van der Waals surface area contributed by atoms with E-state index in [0.717, 1.165) is 18.7 Å². The van der Waals surface area contributed by atoms with Crippen LogP contribution in [0.3, 0.4) is 0 Å². The summed E-state index contributed by atoms with van der Waals surface area (Å²) in [4.78, 5) is 2.22. The molecule has 0 saturated carbocycles. The first-order valence-corrected chi connectivity index (χ1v) is 6.35. The Kier molecular flexibility index (Phi) is 3.69. The van der Waals surface area contributed by atoms with Crippen LogP contribution >= 0.6 is 0 Å². The van der Waals surface area contributed by atoms with Gasteiger partial charge in [0, 0.05) is 24.3 Å². The Labute approximate surface area is 104 Å². The first-order valence-electron chi connectivity index (χ1n) is 6.35. The van der Waals surface area contributed by atoms with Crippen molar-refractivity contribution in [3.8, 4) is 0 Å². The van der Waals surface area contributed by atoms with Gasteiger partial charge in [-0.2, -0.15) is 0 Å². The van der Waals surface area contributed by atoms with Gasteiger partial charge in [-0.05, 0) is 57.1 Å². The molecule has 17 heavy (non-hydrogen) atoms. The predicted octanol–water partition coefficient (Wildman–Crippen LogP) is 1.80. The maximum absolute atomic E-state index is 5.82. The molecule has 2 rings (SSSR count). The lowest BCUT2D eigenvalue weighted by Gasteiger charge is -2.23. The van der Waals surface area contributed by atoms with Gasteiger partial charge in [-0.15, -0.1) is 0 Å². The summed E-state index contributed by atoms with van der Waals surface area (Å²) in [7, 11) is 4.23. The second-order valence-electron chi connectivity index (χ2n) is 5.38. The summed E-state index contributed by atoms with van der Waals surface area (Å²) in [5.74, 6) is 0. The molecule has 0 bridgehead atoms. The summed E-state index contributed by atoms with van der Waals surface area (Å²) in [6.07, 6.45) is 2.34. The molecule has 2 atom stereocenters. The van der Waals surface area contributed by atoms with Gasteiger partial charge in [0.25, 0.3) is 0 Å². The van der Waals surface area contributed by atoms with Gasteiger partial charge in [0.15, 0.2) is 0 Å². The normalized spacial score (nSPS) is 20.6. The van der Waals surface area contributed by atoms with E-state index in [1.807, 2.05) is 6.07 Å². The number of likely N-dealkylation sites (N-methyl/N-ethyl adjacent to an activating group) is 1. The average molecular weight is 233 g/mol. The SMILES string of the molecule is CC(CN(C)C)NC1CCc2cc(N)ccc21. The molecule has 0 spiro atoms. The number of hydrogen-bond acceptors (Lipinski definition) is 3. The van der Waals surface area contributed by atoms with Crippen LogP contribution in [0.25, 0.3) is 0 Å². The van der Waals surface area contributed by atoms with Gasteiger partial charge in [-0.25, -0.2) is 0 Å². The zero-order chi connectivity index (χ0) is 12.4. The highest BCUT2D eigenvalue weighted by Gasteiger charge is 2.23.